The summed E-state index contributed by atoms with van der Waals surface area (Å²) in [4.78, 5) is 15.9. The van der Waals surface area contributed by atoms with Crippen LogP contribution in [0.5, 0.6) is 0 Å². The van der Waals surface area contributed by atoms with Crippen molar-refractivity contribution in [3.05, 3.63) is 65.1 Å². The van der Waals surface area contributed by atoms with Crippen LogP contribution in [0, 0.1) is 0 Å². The Morgan fingerprint density at radius 1 is 1.04 bits per heavy atom. The van der Waals surface area contributed by atoms with Gasteiger partial charge in [-0.25, -0.2) is 18.2 Å². The number of sulfonamides is 1. The van der Waals surface area contributed by atoms with E-state index in [4.69, 9.17) is 11.6 Å². The van der Waals surface area contributed by atoms with Crippen LogP contribution < -0.4 is 15.4 Å². The molecule has 26 heavy (non-hydrogen) atoms. The highest BCUT2D eigenvalue weighted by Gasteiger charge is 2.15. The van der Waals surface area contributed by atoms with Crippen LogP contribution >= 0.6 is 22.9 Å². The third-order valence-electron chi connectivity index (χ3n) is 3.16. The lowest BCUT2D eigenvalue weighted by Gasteiger charge is -2.09. The molecular formula is C16H13ClN4O3S2. The fourth-order valence-corrected chi connectivity index (χ4v) is 4.00. The second-order valence-electron chi connectivity index (χ2n) is 5.06. The van der Waals surface area contributed by atoms with Crippen LogP contribution in [-0.4, -0.2) is 19.4 Å². The highest BCUT2D eigenvalue weighted by Crippen LogP contribution is 2.20. The van der Waals surface area contributed by atoms with Crippen molar-refractivity contribution in [3.63, 3.8) is 0 Å². The van der Waals surface area contributed by atoms with Gasteiger partial charge < -0.3 is 10.6 Å². The summed E-state index contributed by atoms with van der Waals surface area (Å²) in [7, 11) is -3.73. The first-order valence-electron chi connectivity index (χ1n) is 7.28. The summed E-state index contributed by atoms with van der Waals surface area (Å²) in [5.41, 5.74) is 0.986. The molecule has 0 unspecified atom stereocenters. The van der Waals surface area contributed by atoms with Crippen LogP contribution in [0.4, 0.5) is 21.3 Å². The van der Waals surface area contributed by atoms with Gasteiger partial charge in [-0.15, -0.1) is 11.3 Å². The molecule has 0 fully saturated rings. The molecule has 2 amide bonds. The van der Waals surface area contributed by atoms with Crippen molar-refractivity contribution in [2.24, 2.45) is 0 Å². The Morgan fingerprint density at radius 2 is 1.77 bits per heavy atom. The number of halogens is 1. The molecule has 3 rings (SSSR count). The molecule has 0 saturated carbocycles. The third kappa shape index (κ3) is 4.72. The predicted molar refractivity (Wildman–Crippen MR) is 103 cm³/mol. The average Bonchev–Trinajstić information content (AvgIpc) is 3.07. The van der Waals surface area contributed by atoms with Gasteiger partial charge in [-0.1, -0.05) is 17.7 Å². The topological polar surface area (TPSA) is 100 Å². The predicted octanol–water partition coefficient (Wildman–Crippen LogP) is 4.24. The van der Waals surface area contributed by atoms with E-state index in [1.165, 1.54) is 41.8 Å². The minimum atomic E-state index is -3.73. The van der Waals surface area contributed by atoms with Crippen LogP contribution in [0.25, 0.3) is 0 Å². The molecule has 0 atom stereocenters. The molecule has 10 heteroatoms. The molecule has 0 saturated heterocycles. The average molecular weight is 409 g/mol. The second kappa shape index (κ2) is 7.73. The molecule has 0 aliphatic heterocycles. The number of hydrogen-bond acceptors (Lipinski definition) is 5. The number of urea groups is 1. The molecular weight excluding hydrogens is 396 g/mol. The van der Waals surface area contributed by atoms with Crippen molar-refractivity contribution in [1.29, 1.82) is 0 Å². The van der Waals surface area contributed by atoms with Gasteiger partial charge in [0, 0.05) is 28.0 Å². The number of thiazole rings is 1. The van der Waals surface area contributed by atoms with Crippen LogP contribution in [0.3, 0.4) is 0 Å². The largest absolute Gasteiger partial charge is 0.323 e. The zero-order valence-corrected chi connectivity index (χ0v) is 15.5. The zero-order valence-electron chi connectivity index (χ0n) is 13.1. The highest BCUT2D eigenvalue weighted by atomic mass is 35.5. The molecule has 0 radical (unpaired) electrons. The van der Waals surface area contributed by atoms with E-state index < -0.39 is 16.1 Å². The maximum absolute atomic E-state index is 12.2. The normalized spacial score (nSPS) is 11.0. The van der Waals surface area contributed by atoms with Gasteiger partial charge in [-0.05, 0) is 42.5 Å². The monoisotopic (exact) mass is 408 g/mol. The summed E-state index contributed by atoms with van der Waals surface area (Å²) >= 11 is 7.04. The Bertz CT molecular complexity index is 1010. The molecule has 0 bridgehead atoms. The summed E-state index contributed by atoms with van der Waals surface area (Å²) in [5, 5.41) is 7.71. The van der Waals surface area contributed by atoms with Gasteiger partial charge >= 0.3 is 6.03 Å². The molecule has 0 aliphatic carbocycles. The summed E-state index contributed by atoms with van der Waals surface area (Å²) in [5.74, 6) is 0. The summed E-state index contributed by atoms with van der Waals surface area (Å²) < 4.78 is 26.9. The Kier molecular flexibility index (Phi) is 5.40. The number of nitrogens with zero attached hydrogens (tertiary/aromatic N) is 1. The number of rotatable bonds is 5. The van der Waals surface area contributed by atoms with Crippen molar-refractivity contribution in [2.75, 3.05) is 15.4 Å². The number of amides is 2. The summed E-state index contributed by atoms with van der Waals surface area (Å²) in [6.45, 7) is 0. The van der Waals surface area contributed by atoms with E-state index in [1.807, 2.05) is 0 Å². The van der Waals surface area contributed by atoms with Gasteiger partial charge in [-0.3, -0.25) is 4.72 Å². The SMILES string of the molecule is O=C(Nc1ccc(S(=O)(=O)Nc2nccs2)cc1)Nc1cccc(Cl)c1. The molecule has 3 aromatic rings. The minimum Gasteiger partial charge on any atom is -0.308 e. The molecule has 1 heterocycles. The Balaban J connectivity index is 1.64. The first kappa shape index (κ1) is 18.2. The van der Waals surface area contributed by atoms with E-state index in [2.05, 4.69) is 20.3 Å². The highest BCUT2D eigenvalue weighted by molar-refractivity contribution is 7.93. The number of aromatic nitrogens is 1. The van der Waals surface area contributed by atoms with Crippen LogP contribution in [0.15, 0.2) is 65.0 Å². The Labute approximate surface area is 159 Å². The first-order chi connectivity index (χ1) is 12.4. The van der Waals surface area contributed by atoms with Crippen molar-refractivity contribution >= 4 is 55.5 Å². The van der Waals surface area contributed by atoms with Crippen molar-refractivity contribution in [2.45, 2.75) is 4.90 Å². The van der Waals surface area contributed by atoms with Gasteiger partial charge in [0.15, 0.2) is 5.13 Å². The smallest absolute Gasteiger partial charge is 0.308 e. The van der Waals surface area contributed by atoms with Crippen LogP contribution in [0.1, 0.15) is 0 Å². The van der Waals surface area contributed by atoms with Crippen molar-refractivity contribution < 1.29 is 13.2 Å². The first-order valence-corrected chi connectivity index (χ1v) is 10.0. The second-order valence-corrected chi connectivity index (χ2v) is 8.07. The number of hydrogen-bond donors (Lipinski definition) is 3. The third-order valence-corrected chi connectivity index (χ3v) is 5.57. The van der Waals surface area contributed by atoms with Crippen LogP contribution in [0.2, 0.25) is 5.02 Å². The lowest BCUT2D eigenvalue weighted by Crippen LogP contribution is -2.19. The molecule has 0 spiro atoms. The van der Waals surface area contributed by atoms with Gasteiger partial charge in [0.05, 0.1) is 4.90 Å². The summed E-state index contributed by atoms with van der Waals surface area (Å²) in [6.07, 6.45) is 1.51. The van der Waals surface area contributed by atoms with E-state index in [9.17, 15) is 13.2 Å². The molecule has 134 valence electrons. The van der Waals surface area contributed by atoms with E-state index >= 15 is 0 Å². The quantitative estimate of drug-likeness (QED) is 0.587. The number of carbonyl (C=O) groups is 1. The van der Waals surface area contributed by atoms with E-state index in [0.717, 1.165) is 0 Å². The molecule has 1 aromatic heterocycles. The lowest BCUT2D eigenvalue weighted by molar-refractivity contribution is 0.262. The molecule has 7 nitrogen and oxygen atoms in total. The fourth-order valence-electron chi connectivity index (χ4n) is 2.02. The number of carbonyl (C=O) groups excluding carboxylic acids is 1. The van der Waals surface area contributed by atoms with Gasteiger partial charge in [0.25, 0.3) is 10.0 Å². The standard InChI is InChI=1S/C16H13ClN4O3S2/c17-11-2-1-3-13(10-11)20-15(22)19-12-4-6-14(7-5-12)26(23,24)21-16-18-8-9-25-16/h1-10H,(H,18,21)(H2,19,20,22). The zero-order chi connectivity index (χ0) is 18.6. The van der Waals surface area contributed by atoms with Gasteiger partial charge in [-0.2, -0.15) is 0 Å². The van der Waals surface area contributed by atoms with Gasteiger partial charge in [0.2, 0.25) is 0 Å². The molecule has 2 aromatic carbocycles. The van der Waals surface area contributed by atoms with E-state index in [-0.39, 0.29) is 10.0 Å². The van der Waals surface area contributed by atoms with Crippen LogP contribution in [-0.2, 0) is 10.0 Å². The number of anilines is 3. The lowest BCUT2D eigenvalue weighted by atomic mass is 10.3. The van der Waals surface area contributed by atoms with Crippen molar-refractivity contribution in [1.82, 2.24) is 4.98 Å². The van der Waals surface area contributed by atoms with Crippen molar-refractivity contribution in [3.8, 4) is 0 Å². The maximum Gasteiger partial charge on any atom is 0.323 e. The summed E-state index contributed by atoms with van der Waals surface area (Å²) in [6, 6.07) is 12.0. The number of nitrogens with one attached hydrogen (secondary N) is 3. The minimum absolute atomic E-state index is 0.0634. The molecule has 3 N–H and O–H groups in total. The van der Waals surface area contributed by atoms with Gasteiger partial charge in [0.1, 0.15) is 0 Å². The number of benzene rings is 2. The maximum atomic E-state index is 12.2. The molecule has 0 aliphatic rings. The Morgan fingerprint density at radius 3 is 2.42 bits per heavy atom. The fraction of sp³-hybridized carbons (Fsp3) is 0. The van der Waals surface area contributed by atoms with E-state index in [1.54, 1.807) is 29.6 Å². The van der Waals surface area contributed by atoms with E-state index in [0.29, 0.717) is 16.4 Å². The Hall–Kier alpha value is -2.62.